The maximum absolute atomic E-state index is 12.8. The number of nitrogens with zero attached hydrogens (tertiary/aromatic N) is 1. The van der Waals surface area contributed by atoms with Gasteiger partial charge in [-0.15, -0.1) is 0 Å². The molecule has 0 fully saturated rings. The number of anilines is 1. The molecule has 0 saturated carbocycles. The topological polar surface area (TPSA) is 82.3 Å². The third kappa shape index (κ3) is 2.89. The Balaban J connectivity index is 2.21. The van der Waals surface area contributed by atoms with E-state index in [0.29, 0.717) is 16.7 Å². The Bertz CT molecular complexity index is 986. The highest BCUT2D eigenvalue weighted by atomic mass is 79.9. The second-order valence-corrected chi connectivity index (χ2v) is 7.72. The second kappa shape index (κ2) is 5.82. The Kier molecular flexibility index (Phi) is 3.99. The summed E-state index contributed by atoms with van der Waals surface area (Å²) in [5.74, 6) is 0.599. The van der Waals surface area contributed by atoms with E-state index in [1.165, 1.54) is 18.2 Å². The molecule has 0 aliphatic rings. The maximum atomic E-state index is 12.8. The van der Waals surface area contributed by atoms with E-state index in [1.54, 1.807) is 37.4 Å². The van der Waals surface area contributed by atoms with Crippen molar-refractivity contribution in [1.82, 2.24) is 4.98 Å². The van der Waals surface area contributed by atoms with Gasteiger partial charge >= 0.3 is 0 Å². The van der Waals surface area contributed by atoms with Crippen LogP contribution >= 0.6 is 15.9 Å². The number of hydrogen-bond acceptors (Lipinski definition) is 5. The second-order valence-electron chi connectivity index (χ2n) is 4.89. The summed E-state index contributed by atoms with van der Waals surface area (Å²) in [4.78, 5) is 4.34. The van der Waals surface area contributed by atoms with Crippen LogP contribution in [0.2, 0.25) is 0 Å². The molecule has 118 valence electrons. The number of nitrogens with two attached hydrogens (primary N) is 1. The zero-order valence-electron chi connectivity index (χ0n) is 12.2. The molecular weight excluding hydrogens is 380 g/mol. The van der Waals surface area contributed by atoms with E-state index >= 15 is 0 Å². The third-order valence-electron chi connectivity index (χ3n) is 3.43. The van der Waals surface area contributed by atoms with Crippen LogP contribution in [0.1, 0.15) is 0 Å². The fourth-order valence-electron chi connectivity index (χ4n) is 2.23. The summed E-state index contributed by atoms with van der Waals surface area (Å²) in [6.45, 7) is 0. The molecule has 0 saturated heterocycles. The molecule has 7 heteroatoms. The van der Waals surface area contributed by atoms with Crippen molar-refractivity contribution in [1.29, 1.82) is 0 Å². The SMILES string of the molecule is COc1ccc2nc(N)c(S(=O)(=O)c3ccc(Br)cc3)cc2c1. The van der Waals surface area contributed by atoms with Crippen molar-refractivity contribution in [2.75, 3.05) is 12.8 Å². The van der Waals surface area contributed by atoms with E-state index in [-0.39, 0.29) is 15.6 Å². The molecular formula is C16H13BrN2O3S. The molecule has 3 aromatic rings. The Morgan fingerprint density at radius 2 is 1.78 bits per heavy atom. The van der Waals surface area contributed by atoms with Crippen molar-refractivity contribution < 1.29 is 13.2 Å². The number of pyridine rings is 1. The smallest absolute Gasteiger partial charge is 0.210 e. The van der Waals surface area contributed by atoms with Crippen LogP contribution in [0.25, 0.3) is 10.9 Å². The number of sulfone groups is 1. The number of aromatic nitrogens is 1. The number of rotatable bonds is 3. The van der Waals surface area contributed by atoms with Crippen LogP contribution in [0.5, 0.6) is 5.75 Å². The highest BCUT2D eigenvalue weighted by Crippen LogP contribution is 2.30. The minimum atomic E-state index is -3.75. The van der Waals surface area contributed by atoms with Crippen molar-refractivity contribution >= 4 is 42.5 Å². The predicted octanol–water partition coefficient (Wildman–Crippen LogP) is 3.42. The van der Waals surface area contributed by atoms with Crippen LogP contribution in [-0.2, 0) is 9.84 Å². The summed E-state index contributed by atoms with van der Waals surface area (Å²) >= 11 is 3.29. The number of halogens is 1. The molecule has 1 aromatic heterocycles. The van der Waals surface area contributed by atoms with E-state index in [9.17, 15) is 8.42 Å². The van der Waals surface area contributed by atoms with E-state index in [1.807, 2.05) is 0 Å². The van der Waals surface area contributed by atoms with Gasteiger partial charge in [0.15, 0.2) is 0 Å². The van der Waals surface area contributed by atoms with Crippen LogP contribution < -0.4 is 10.5 Å². The summed E-state index contributed by atoms with van der Waals surface area (Å²) in [6, 6.07) is 13.1. The predicted molar refractivity (Wildman–Crippen MR) is 92.3 cm³/mol. The standard InChI is InChI=1S/C16H13BrN2O3S/c1-22-12-4-7-14-10(8-12)9-15(16(18)19-14)23(20,21)13-5-2-11(17)3-6-13/h2-9H,1H3,(H2,18,19). The minimum Gasteiger partial charge on any atom is -0.497 e. The molecule has 3 rings (SSSR count). The van der Waals surface area contributed by atoms with Gasteiger partial charge in [-0.1, -0.05) is 15.9 Å². The lowest BCUT2D eigenvalue weighted by Gasteiger charge is -2.09. The molecule has 0 atom stereocenters. The lowest BCUT2D eigenvalue weighted by Crippen LogP contribution is -2.07. The van der Waals surface area contributed by atoms with Crippen molar-refractivity contribution in [3.63, 3.8) is 0 Å². The van der Waals surface area contributed by atoms with Gasteiger partial charge in [0.25, 0.3) is 0 Å². The fourth-order valence-corrected chi connectivity index (χ4v) is 3.85. The molecule has 0 unspecified atom stereocenters. The van der Waals surface area contributed by atoms with Gasteiger partial charge in [-0.25, -0.2) is 13.4 Å². The normalized spacial score (nSPS) is 11.6. The van der Waals surface area contributed by atoms with Gasteiger partial charge < -0.3 is 10.5 Å². The summed E-state index contributed by atoms with van der Waals surface area (Å²) in [5.41, 5.74) is 6.49. The van der Waals surface area contributed by atoms with Gasteiger partial charge in [0.1, 0.15) is 16.5 Å². The molecule has 0 bridgehead atoms. The zero-order valence-corrected chi connectivity index (χ0v) is 14.6. The highest BCUT2D eigenvalue weighted by Gasteiger charge is 2.22. The van der Waals surface area contributed by atoms with E-state index in [0.717, 1.165) is 4.47 Å². The molecule has 5 nitrogen and oxygen atoms in total. The number of benzene rings is 2. The van der Waals surface area contributed by atoms with Crippen molar-refractivity contribution in [3.8, 4) is 5.75 Å². The first kappa shape index (κ1) is 15.8. The van der Waals surface area contributed by atoms with Gasteiger partial charge in [0.05, 0.1) is 17.5 Å². The Labute approximate surface area is 142 Å². The minimum absolute atomic E-state index is 0.0134. The first-order chi connectivity index (χ1) is 10.9. The van der Waals surface area contributed by atoms with E-state index < -0.39 is 9.84 Å². The molecule has 0 aliphatic carbocycles. The first-order valence-electron chi connectivity index (χ1n) is 6.67. The Morgan fingerprint density at radius 1 is 1.09 bits per heavy atom. The molecule has 0 radical (unpaired) electrons. The average Bonchev–Trinajstić information content (AvgIpc) is 2.54. The third-order valence-corrected chi connectivity index (χ3v) is 5.76. The van der Waals surface area contributed by atoms with Gasteiger partial charge in [-0.2, -0.15) is 0 Å². The Morgan fingerprint density at radius 3 is 2.43 bits per heavy atom. The summed E-state index contributed by atoms with van der Waals surface area (Å²) in [5, 5.41) is 0.647. The molecule has 1 heterocycles. The molecule has 0 amide bonds. The van der Waals surface area contributed by atoms with Gasteiger partial charge in [0.2, 0.25) is 9.84 Å². The lowest BCUT2D eigenvalue weighted by molar-refractivity contribution is 0.415. The van der Waals surface area contributed by atoms with Crippen LogP contribution in [-0.4, -0.2) is 20.5 Å². The van der Waals surface area contributed by atoms with Crippen LogP contribution in [0.15, 0.2) is 62.8 Å². The summed E-state index contributed by atoms with van der Waals surface area (Å²) in [6.07, 6.45) is 0. The number of fused-ring (bicyclic) bond motifs is 1. The number of ether oxygens (including phenoxy) is 1. The summed E-state index contributed by atoms with van der Waals surface area (Å²) in [7, 11) is -2.20. The van der Waals surface area contributed by atoms with E-state index in [4.69, 9.17) is 10.5 Å². The summed E-state index contributed by atoms with van der Waals surface area (Å²) < 4.78 is 31.6. The van der Waals surface area contributed by atoms with Crippen molar-refractivity contribution in [3.05, 3.63) is 53.0 Å². The van der Waals surface area contributed by atoms with Gasteiger partial charge in [-0.05, 0) is 48.5 Å². The van der Waals surface area contributed by atoms with Crippen LogP contribution in [0.4, 0.5) is 5.82 Å². The molecule has 0 spiro atoms. The average molecular weight is 393 g/mol. The van der Waals surface area contributed by atoms with E-state index in [2.05, 4.69) is 20.9 Å². The fraction of sp³-hybridized carbons (Fsp3) is 0.0625. The zero-order chi connectivity index (χ0) is 16.6. The van der Waals surface area contributed by atoms with Crippen LogP contribution in [0.3, 0.4) is 0 Å². The number of methoxy groups -OCH3 is 1. The molecule has 0 aliphatic heterocycles. The van der Waals surface area contributed by atoms with Gasteiger partial charge in [-0.3, -0.25) is 0 Å². The first-order valence-corrected chi connectivity index (χ1v) is 8.94. The molecule has 2 aromatic carbocycles. The molecule has 2 N–H and O–H groups in total. The number of nitrogen functional groups attached to an aromatic ring is 1. The van der Waals surface area contributed by atoms with Crippen molar-refractivity contribution in [2.24, 2.45) is 0 Å². The highest BCUT2D eigenvalue weighted by molar-refractivity contribution is 9.10. The number of hydrogen-bond donors (Lipinski definition) is 1. The lowest BCUT2D eigenvalue weighted by atomic mass is 10.2. The largest absolute Gasteiger partial charge is 0.497 e. The quantitative estimate of drug-likeness (QED) is 0.738. The maximum Gasteiger partial charge on any atom is 0.210 e. The Hall–Kier alpha value is -2.12. The van der Waals surface area contributed by atoms with Crippen molar-refractivity contribution in [2.45, 2.75) is 9.79 Å². The monoisotopic (exact) mass is 392 g/mol. The van der Waals surface area contributed by atoms with Gasteiger partial charge in [0, 0.05) is 9.86 Å². The molecule has 23 heavy (non-hydrogen) atoms. The van der Waals surface area contributed by atoms with Crippen LogP contribution in [0, 0.1) is 0 Å².